The van der Waals surface area contributed by atoms with E-state index in [1.165, 1.54) is 26.2 Å². The molecular formula is C20H21ClN2O5S. The summed E-state index contributed by atoms with van der Waals surface area (Å²) in [6.45, 7) is 2.02. The zero-order valence-electron chi connectivity index (χ0n) is 16.1. The number of hydrogen-bond acceptors (Lipinski definition) is 5. The predicted molar refractivity (Wildman–Crippen MR) is 111 cm³/mol. The lowest BCUT2D eigenvalue weighted by molar-refractivity contribution is -0.117. The number of carbonyl (C=O) groups excluding carboxylic acids is 2. The Balaban J connectivity index is 1.65. The first kappa shape index (κ1) is 21.1. The van der Waals surface area contributed by atoms with Crippen LogP contribution in [-0.4, -0.2) is 39.6 Å². The van der Waals surface area contributed by atoms with Crippen molar-refractivity contribution in [1.82, 2.24) is 0 Å². The molecule has 0 saturated heterocycles. The zero-order valence-corrected chi connectivity index (χ0v) is 17.6. The Morgan fingerprint density at radius 2 is 1.97 bits per heavy atom. The summed E-state index contributed by atoms with van der Waals surface area (Å²) >= 11 is 6.02. The van der Waals surface area contributed by atoms with Crippen LogP contribution in [0.15, 0.2) is 41.3 Å². The monoisotopic (exact) mass is 436 g/mol. The number of benzene rings is 2. The van der Waals surface area contributed by atoms with Gasteiger partial charge in [-0.2, -0.15) is 0 Å². The Morgan fingerprint density at radius 3 is 2.62 bits per heavy atom. The molecule has 0 atom stereocenters. The minimum atomic E-state index is -3.64. The molecule has 29 heavy (non-hydrogen) atoms. The first-order valence-electron chi connectivity index (χ1n) is 8.98. The summed E-state index contributed by atoms with van der Waals surface area (Å²) in [7, 11) is -2.15. The molecule has 0 spiro atoms. The van der Waals surface area contributed by atoms with E-state index in [1.807, 2.05) is 0 Å². The summed E-state index contributed by atoms with van der Waals surface area (Å²) in [6.07, 6.45) is 0.416. The number of methoxy groups -OCH3 is 1. The Bertz CT molecular complexity index is 1070. The van der Waals surface area contributed by atoms with Gasteiger partial charge in [-0.25, -0.2) is 8.42 Å². The molecule has 154 valence electrons. The summed E-state index contributed by atoms with van der Waals surface area (Å²) in [5.74, 6) is -0.349. The van der Waals surface area contributed by atoms with E-state index in [0.717, 1.165) is 11.3 Å². The van der Waals surface area contributed by atoms with E-state index in [4.69, 9.17) is 16.3 Å². The Kier molecular flexibility index (Phi) is 6.14. The molecule has 0 saturated carbocycles. The minimum Gasteiger partial charge on any atom is -0.495 e. The maximum Gasteiger partial charge on any atom is 0.225 e. The average molecular weight is 437 g/mol. The van der Waals surface area contributed by atoms with Gasteiger partial charge in [0, 0.05) is 31.3 Å². The maximum atomic E-state index is 12.6. The number of halogens is 1. The van der Waals surface area contributed by atoms with Crippen molar-refractivity contribution < 1.29 is 22.7 Å². The minimum absolute atomic E-state index is 0.0744. The molecule has 0 aliphatic carbocycles. The van der Waals surface area contributed by atoms with Crippen LogP contribution < -0.4 is 15.0 Å². The second kappa shape index (κ2) is 8.42. The highest BCUT2D eigenvalue weighted by Crippen LogP contribution is 2.31. The van der Waals surface area contributed by atoms with Crippen LogP contribution in [0.4, 0.5) is 11.4 Å². The predicted octanol–water partition coefficient (Wildman–Crippen LogP) is 3.06. The van der Waals surface area contributed by atoms with Crippen LogP contribution in [0.25, 0.3) is 0 Å². The van der Waals surface area contributed by atoms with Crippen molar-refractivity contribution in [1.29, 1.82) is 0 Å². The lowest BCUT2D eigenvalue weighted by atomic mass is 10.2. The number of rotatable bonds is 6. The van der Waals surface area contributed by atoms with Gasteiger partial charge in [-0.05, 0) is 48.4 Å². The summed E-state index contributed by atoms with van der Waals surface area (Å²) < 4.78 is 30.3. The van der Waals surface area contributed by atoms with E-state index in [2.05, 4.69) is 5.32 Å². The molecule has 1 aliphatic heterocycles. The molecule has 1 N–H and O–H groups in total. The lowest BCUT2D eigenvalue weighted by Gasteiger charge is -2.15. The van der Waals surface area contributed by atoms with Gasteiger partial charge in [0.15, 0.2) is 9.84 Å². The molecule has 2 aromatic carbocycles. The molecule has 0 unspecified atom stereocenters. The van der Waals surface area contributed by atoms with E-state index >= 15 is 0 Å². The number of carbonyl (C=O) groups is 2. The molecule has 1 aliphatic rings. The molecule has 0 bridgehead atoms. The van der Waals surface area contributed by atoms with Crippen molar-refractivity contribution in [3.8, 4) is 5.75 Å². The van der Waals surface area contributed by atoms with E-state index < -0.39 is 15.7 Å². The highest BCUT2D eigenvalue weighted by Gasteiger charge is 2.25. The number of sulfone groups is 1. The van der Waals surface area contributed by atoms with E-state index in [0.29, 0.717) is 29.4 Å². The number of nitrogens with one attached hydrogen (secondary N) is 1. The SMILES string of the molecule is COc1ccc(NC(=O)CCS(=O)(=O)c2ccc3c(c2)CCN3C(C)=O)cc1Cl. The van der Waals surface area contributed by atoms with Gasteiger partial charge in [-0.3, -0.25) is 9.59 Å². The largest absolute Gasteiger partial charge is 0.495 e. The normalized spacial score (nSPS) is 13.1. The fourth-order valence-electron chi connectivity index (χ4n) is 3.21. The van der Waals surface area contributed by atoms with Crippen LogP contribution in [0.5, 0.6) is 5.75 Å². The van der Waals surface area contributed by atoms with Crippen molar-refractivity contribution in [3.63, 3.8) is 0 Å². The molecule has 7 nitrogen and oxygen atoms in total. The molecule has 0 fully saturated rings. The summed E-state index contributed by atoms with van der Waals surface area (Å²) in [6, 6.07) is 9.50. The standard InChI is InChI=1S/C20H21ClN2O5S/c1-13(24)23-9-7-14-11-16(4-5-18(14)23)29(26,27)10-8-20(25)22-15-3-6-19(28-2)17(21)12-15/h3-6,11-12H,7-10H2,1-2H3,(H,22,25). The second-order valence-electron chi connectivity index (χ2n) is 6.68. The third-order valence-corrected chi connectivity index (χ3v) is 6.73. The number of amides is 2. The molecule has 3 rings (SSSR count). The fraction of sp³-hybridized carbons (Fsp3) is 0.300. The van der Waals surface area contributed by atoms with Crippen LogP contribution in [-0.2, 0) is 25.8 Å². The molecule has 9 heteroatoms. The molecule has 1 heterocycles. The number of fused-ring (bicyclic) bond motifs is 1. The number of anilines is 2. The van der Waals surface area contributed by atoms with Crippen LogP contribution in [0.1, 0.15) is 18.9 Å². The smallest absolute Gasteiger partial charge is 0.225 e. The van der Waals surface area contributed by atoms with E-state index in [1.54, 1.807) is 29.2 Å². The lowest BCUT2D eigenvalue weighted by Crippen LogP contribution is -2.25. The van der Waals surface area contributed by atoms with Crippen LogP contribution in [0.2, 0.25) is 5.02 Å². The number of nitrogens with zero attached hydrogens (tertiary/aromatic N) is 1. The van der Waals surface area contributed by atoms with Gasteiger partial charge in [0.25, 0.3) is 0 Å². The summed E-state index contributed by atoms with van der Waals surface area (Å²) in [5, 5.41) is 2.97. The van der Waals surface area contributed by atoms with Crippen LogP contribution in [0.3, 0.4) is 0 Å². The molecule has 0 aromatic heterocycles. The summed E-state index contributed by atoms with van der Waals surface area (Å²) in [5.41, 5.74) is 2.02. The Morgan fingerprint density at radius 1 is 1.21 bits per heavy atom. The Labute approximate surface area is 174 Å². The first-order chi connectivity index (χ1) is 13.7. The Hall–Kier alpha value is -2.58. The quantitative estimate of drug-likeness (QED) is 0.751. The molecule has 2 amide bonds. The van der Waals surface area contributed by atoms with Crippen LogP contribution in [0, 0.1) is 0 Å². The van der Waals surface area contributed by atoms with Gasteiger partial charge in [-0.1, -0.05) is 11.6 Å². The highest BCUT2D eigenvalue weighted by molar-refractivity contribution is 7.91. The van der Waals surface area contributed by atoms with Crippen molar-refractivity contribution >= 4 is 44.6 Å². The molecule has 2 aromatic rings. The van der Waals surface area contributed by atoms with Gasteiger partial charge < -0.3 is 15.0 Å². The topological polar surface area (TPSA) is 92.8 Å². The number of hydrogen-bond donors (Lipinski definition) is 1. The van der Waals surface area contributed by atoms with E-state index in [9.17, 15) is 18.0 Å². The van der Waals surface area contributed by atoms with Gasteiger partial charge in [0.2, 0.25) is 11.8 Å². The van der Waals surface area contributed by atoms with Crippen molar-refractivity contribution in [2.24, 2.45) is 0 Å². The third-order valence-electron chi connectivity index (χ3n) is 4.72. The summed E-state index contributed by atoms with van der Waals surface area (Å²) in [4.78, 5) is 25.6. The molecular weight excluding hydrogens is 416 g/mol. The zero-order chi connectivity index (χ0) is 21.2. The van der Waals surface area contributed by atoms with Crippen molar-refractivity contribution in [2.75, 3.05) is 29.6 Å². The average Bonchev–Trinajstić information content (AvgIpc) is 3.10. The first-order valence-corrected chi connectivity index (χ1v) is 11.0. The fourth-order valence-corrected chi connectivity index (χ4v) is 4.76. The van der Waals surface area contributed by atoms with Gasteiger partial charge in [-0.15, -0.1) is 0 Å². The third kappa shape index (κ3) is 4.71. The van der Waals surface area contributed by atoms with Crippen LogP contribution >= 0.6 is 11.6 Å². The van der Waals surface area contributed by atoms with E-state index in [-0.39, 0.29) is 23.0 Å². The van der Waals surface area contributed by atoms with Gasteiger partial charge in [0.1, 0.15) is 5.75 Å². The van der Waals surface area contributed by atoms with Crippen molar-refractivity contribution in [3.05, 3.63) is 47.0 Å². The maximum absolute atomic E-state index is 12.6. The molecule has 0 radical (unpaired) electrons. The van der Waals surface area contributed by atoms with Crippen molar-refractivity contribution in [2.45, 2.75) is 24.7 Å². The number of ether oxygens (including phenoxy) is 1. The second-order valence-corrected chi connectivity index (χ2v) is 9.19. The van der Waals surface area contributed by atoms with Gasteiger partial charge in [0.05, 0.1) is 22.8 Å². The van der Waals surface area contributed by atoms with Gasteiger partial charge >= 0.3 is 0 Å². The highest BCUT2D eigenvalue weighted by atomic mass is 35.5.